The molecule has 0 radical (unpaired) electrons. The van der Waals surface area contributed by atoms with Crippen LogP contribution in [0.4, 0.5) is 13.2 Å². The summed E-state index contributed by atoms with van der Waals surface area (Å²) in [5, 5.41) is 9.93. The van der Waals surface area contributed by atoms with Gasteiger partial charge >= 0.3 is 6.18 Å². The summed E-state index contributed by atoms with van der Waals surface area (Å²) in [5.74, 6) is 0. The third-order valence-electron chi connectivity index (χ3n) is 2.42. The molecule has 1 heterocycles. The molecule has 0 aliphatic carbocycles. The lowest BCUT2D eigenvalue weighted by atomic mass is 10.00. The van der Waals surface area contributed by atoms with E-state index in [1.54, 1.807) is 0 Å². The van der Waals surface area contributed by atoms with Crippen LogP contribution in [0.3, 0.4) is 0 Å². The predicted molar refractivity (Wildman–Crippen MR) is 57.5 cm³/mol. The largest absolute Gasteiger partial charge is 0.416 e. The molecule has 2 rings (SSSR count). The first-order chi connectivity index (χ1) is 8.50. The zero-order valence-corrected chi connectivity index (χ0v) is 9.09. The second kappa shape index (κ2) is 4.73. The fraction of sp³-hybridized carbons (Fsp3) is 0.167. The van der Waals surface area contributed by atoms with Gasteiger partial charge in [-0.25, -0.2) is 0 Å². The number of alkyl halides is 3. The highest BCUT2D eigenvalue weighted by molar-refractivity contribution is 5.34. The quantitative estimate of drug-likeness (QED) is 0.895. The third kappa shape index (κ3) is 2.48. The van der Waals surface area contributed by atoms with Crippen molar-refractivity contribution in [3.8, 4) is 0 Å². The maximum atomic E-state index is 12.8. The summed E-state index contributed by atoms with van der Waals surface area (Å²) in [6.07, 6.45) is -2.03. The Bertz CT molecular complexity index is 528. The Kier molecular flexibility index (Phi) is 3.29. The molecule has 0 amide bonds. The van der Waals surface area contributed by atoms with E-state index in [1.807, 2.05) is 0 Å². The summed E-state index contributed by atoms with van der Waals surface area (Å²) in [6.45, 7) is 0. The van der Waals surface area contributed by atoms with E-state index in [-0.39, 0.29) is 11.3 Å². The van der Waals surface area contributed by atoms with Gasteiger partial charge in [0.15, 0.2) is 0 Å². The lowest BCUT2D eigenvalue weighted by Gasteiger charge is -2.16. The highest BCUT2D eigenvalue weighted by atomic mass is 19.4. The Morgan fingerprint density at radius 3 is 2.44 bits per heavy atom. The minimum Gasteiger partial charge on any atom is -0.382 e. The van der Waals surface area contributed by atoms with E-state index in [0.717, 1.165) is 6.07 Å². The van der Waals surface area contributed by atoms with Gasteiger partial charge in [-0.2, -0.15) is 13.2 Å². The number of hydrogen-bond donors (Lipinski definition) is 1. The lowest BCUT2D eigenvalue weighted by molar-refractivity contribution is -0.139. The van der Waals surface area contributed by atoms with Gasteiger partial charge in [0.1, 0.15) is 6.10 Å². The zero-order chi connectivity index (χ0) is 13.2. The minimum atomic E-state index is -4.51. The van der Waals surface area contributed by atoms with E-state index in [4.69, 9.17) is 0 Å². The first-order valence-corrected chi connectivity index (χ1v) is 5.10. The Hall–Kier alpha value is -1.95. The Balaban J connectivity index is 2.46. The van der Waals surface area contributed by atoms with Gasteiger partial charge in [-0.1, -0.05) is 18.2 Å². The van der Waals surface area contributed by atoms with E-state index < -0.39 is 17.8 Å². The first-order valence-electron chi connectivity index (χ1n) is 5.10. The van der Waals surface area contributed by atoms with E-state index in [9.17, 15) is 18.3 Å². The molecule has 1 N–H and O–H groups in total. The van der Waals surface area contributed by atoms with Crippen molar-refractivity contribution in [2.75, 3.05) is 0 Å². The van der Waals surface area contributed by atoms with E-state index >= 15 is 0 Å². The van der Waals surface area contributed by atoms with E-state index in [1.165, 1.54) is 36.8 Å². The van der Waals surface area contributed by atoms with Crippen LogP contribution < -0.4 is 0 Å². The molecule has 1 atom stereocenters. The highest BCUT2D eigenvalue weighted by Gasteiger charge is 2.35. The molecule has 0 spiro atoms. The van der Waals surface area contributed by atoms with Crippen LogP contribution in [0.15, 0.2) is 42.9 Å². The van der Waals surface area contributed by atoms with Gasteiger partial charge in [0.2, 0.25) is 0 Å². The molecule has 1 aromatic heterocycles. The average molecular weight is 254 g/mol. The molecule has 94 valence electrons. The molecule has 0 saturated heterocycles. The van der Waals surface area contributed by atoms with Crippen molar-refractivity contribution in [3.63, 3.8) is 0 Å². The fourth-order valence-corrected chi connectivity index (χ4v) is 1.60. The number of aliphatic hydroxyl groups excluding tert-OH is 1. The predicted octanol–water partition coefficient (Wildman–Crippen LogP) is 2.58. The number of benzene rings is 1. The third-order valence-corrected chi connectivity index (χ3v) is 2.42. The van der Waals surface area contributed by atoms with Gasteiger partial charge in [0.25, 0.3) is 0 Å². The second-order valence-corrected chi connectivity index (χ2v) is 3.62. The molecule has 3 nitrogen and oxygen atoms in total. The zero-order valence-electron chi connectivity index (χ0n) is 9.09. The maximum Gasteiger partial charge on any atom is 0.416 e. The molecule has 0 saturated carbocycles. The standard InChI is InChI=1S/C12H9F3N2O/c13-12(14,15)9-4-2-1-3-8(9)11(18)10-7-16-5-6-17-10/h1-7,11,18H. The van der Waals surface area contributed by atoms with Gasteiger partial charge in [0.05, 0.1) is 17.5 Å². The number of aliphatic hydroxyl groups is 1. The summed E-state index contributed by atoms with van der Waals surface area (Å²) in [4.78, 5) is 7.52. The van der Waals surface area contributed by atoms with Crippen molar-refractivity contribution in [2.45, 2.75) is 12.3 Å². The van der Waals surface area contributed by atoms with Crippen molar-refractivity contribution >= 4 is 0 Å². The Labute approximate surface area is 101 Å². The molecule has 0 bridgehead atoms. The van der Waals surface area contributed by atoms with Crippen LogP contribution >= 0.6 is 0 Å². The molecule has 18 heavy (non-hydrogen) atoms. The van der Waals surface area contributed by atoms with Crippen LogP contribution in [0, 0.1) is 0 Å². The van der Waals surface area contributed by atoms with Crippen LogP contribution in [0.2, 0.25) is 0 Å². The molecule has 0 aliphatic rings. The molecular weight excluding hydrogens is 245 g/mol. The van der Waals surface area contributed by atoms with Gasteiger partial charge < -0.3 is 5.11 Å². The topological polar surface area (TPSA) is 46.0 Å². The van der Waals surface area contributed by atoms with Crippen LogP contribution in [-0.4, -0.2) is 15.1 Å². The number of rotatable bonds is 2. The van der Waals surface area contributed by atoms with Crippen LogP contribution in [0.5, 0.6) is 0 Å². The lowest BCUT2D eigenvalue weighted by Crippen LogP contribution is -2.13. The van der Waals surface area contributed by atoms with Gasteiger partial charge in [0, 0.05) is 12.4 Å². The number of hydrogen-bond acceptors (Lipinski definition) is 3. The SMILES string of the molecule is OC(c1cnccn1)c1ccccc1C(F)(F)F. The van der Waals surface area contributed by atoms with Crippen LogP contribution in [0.1, 0.15) is 22.9 Å². The van der Waals surface area contributed by atoms with Crippen LogP contribution in [0.25, 0.3) is 0 Å². The van der Waals surface area contributed by atoms with Gasteiger partial charge in [-0.05, 0) is 11.6 Å². The van der Waals surface area contributed by atoms with Crippen molar-refractivity contribution in [1.29, 1.82) is 0 Å². The monoisotopic (exact) mass is 254 g/mol. The first kappa shape index (κ1) is 12.5. The smallest absolute Gasteiger partial charge is 0.382 e. The summed E-state index contributed by atoms with van der Waals surface area (Å²) in [5.41, 5.74) is -1.03. The van der Waals surface area contributed by atoms with Crippen molar-refractivity contribution in [3.05, 3.63) is 59.7 Å². The van der Waals surface area contributed by atoms with Crippen molar-refractivity contribution in [1.82, 2.24) is 9.97 Å². The molecule has 0 aliphatic heterocycles. The molecule has 1 aromatic carbocycles. The molecule has 0 fully saturated rings. The molecule has 2 aromatic rings. The van der Waals surface area contributed by atoms with E-state index in [2.05, 4.69) is 9.97 Å². The summed E-state index contributed by atoms with van der Waals surface area (Å²) < 4.78 is 38.3. The number of halogens is 3. The fourth-order valence-electron chi connectivity index (χ4n) is 1.60. The van der Waals surface area contributed by atoms with Crippen LogP contribution in [-0.2, 0) is 6.18 Å². The van der Waals surface area contributed by atoms with Gasteiger partial charge in [-0.15, -0.1) is 0 Å². The number of aromatic nitrogens is 2. The van der Waals surface area contributed by atoms with Crippen molar-refractivity contribution < 1.29 is 18.3 Å². The second-order valence-electron chi connectivity index (χ2n) is 3.62. The molecule has 6 heteroatoms. The minimum absolute atomic E-state index is 0.0780. The maximum absolute atomic E-state index is 12.8. The molecule has 1 unspecified atom stereocenters. The highest BCUT2D eigenvalue weighted by Crippen LogP contribution is 2.35. The summed E-state index contributed by atoms with van der Waals surface area (Å²) in [7, 11) is 0. The normalized spacial score (nSPS) is 13.3. The molecular formula is C12H9F3N2O. The Morgan fingerprint density at radius 1 is 1.11 bits per heavy atom. The van der Waals surface area contributed by atoms with Gasteiger partial charge in [-0.3, -0.25) is 9.97 Å². The summed E-state index contributed by atoms with van der Waals surface area (Å²) >= 11 is 0. The average Bonchev–Trinajstić information content (AvgIpc) is 2.38. The Morgan fingerprint density at radius 2 is 1.83 bits per heavy atom. The van der Waals surface area contributed by atoms with E-state index in [0.29, 0.717) is 0 Å². The number of nitrogens with zero attached hydrogens (tertiary/aromatic N) is 2. The summed E-state index contributed by atoms with van der Waals surface area (Å²) in [6, 6.07) is 4.86. The van der Waals surface area contributed by atoms with Crippen molar-refractivity contribution in [2.24, 2.45) is 0 Å².